The van der Waals surface area contributed by atoms with Crippen LogP contribution in [0.25, 0.3) is 0 Å². The molecule has 0 saturated heterocycles. The Morgan fingerprint density at radius 3 is 2.72 bits per heavy atom. The molecular weight excluding hydrogens is 236 g/mol. The largest absolute Gasteiger partial charge is 0.483 e. The molecule has 0 atom stereocenters. The van der Waals surface area contributed by atoms with Gasteiger partial charge in [0.25, 0.3) is 5.91 Å². The molecule has 0 aromatic heterocycles. The van der Waals surface area contributed by atoms with Crippen molar-refractivity contribution >= 4 is 18.2 Å². The van der Waals surface area contributed by atoms with Crippen LogP contribution in [0.15, 0.2) is 24.3 Å². The second-order valence-electron chi connectivity index (χ2n) is 3.35. The summed E-state index contributed by atoms with van der Waals surface area (Å²) in [6.07, 6.45) is 0.636. The molecule has 0 unspecified atom stereocenters. The SMILES string of the molecule is CCNC(=O)NC(=O)COc1ccccc1C=O. The number of hydrogen-bond donors (Lipinski definition) is 2. The molecule has 6 nitrogen and oxygen atoms in total. The van der Waals surface area contributed by atoms with Crippen molar-refractivity contribution < 1.29 is 19.1 Å². The first kappa shape index (κ1) is 13.7. The number of aldehydes is 1. The van der Waals surface area contributed by atoms with Gasteiger partial charge in [-0.15, -0.1) is 0 Å². The van der Waals surface area contributed by atoms with E-state index in [9.17, 15) is 14.4 Å². The number of rotatable bonds is 5. The minimum Gasteiger partial charge on any atom is -0.483 e. The molecule has 0 fully saturated rings. The second-order valence-corrected chi connectivity index (χ2v) is 3.35. The summed E-state index contributed by atoms with van der Waals surface area (Å²) < 4.78 is 5.15. The Bertz CT molecular complexity index is 445. The fraction of sp³-hybridized carbons (Fsp3) is 0.250. The Morgan fingerprint density at radius 1 is 1.33 bits per heavy atom. The summed E-state index contributed by atoms with van der Waals surface area (Å²) in [5.74, 6) is -0.278. The lowest BCUT2D eigenvalue weighted by Gasteiger charge is -2.08. The number of nitrogens with one attached hydrogen (secondary N) is 2. The molecule has 1 aromatic carbocycles. The van der Waals surface area contributed by atoms with Gasteiger partial charge in [-0.3, -0.25) is 14.9 Å². The van der Waals surface area contributed by atoms with E-state index < -0.39 is 11.9 Å². The molecule has 0 heterocycles. The molecule has 2 N–H and O–H groups in total. The molecule has 0 bridgehead atoms. The summed E-state index contributed by atoms with van der Waals surface area (Å²) in [4.78, 5) is 33.0. The van der Waals surface area contributed by atoms with Crippen molar-refractivity contribution in [3.05, 3.63) is 29.8 Å². The molecule has 0 aliphatic carbocycles. The quantitative estimate of drug-likeness (QED) is 0.754. The molecule has 0 saturated carbocycles. The first-order valence-corrected chi connectivity index (χ1v) is 5.42. The highest BCUT2D eigenvalue weighted by molar-refractivity contribution is 5.95. The van der Waals surface area contributed by atoms with Gasteiger partial charge in [0.15, 0.2) is 12.9 Å². The predicted octanol–water partition coefficient (Wildman–Crippen LogP) is 0.724. The Morgan fingerprint density at radius 2 is 2.06 bits per heavy atom. The molecule has 1 rings (SSSR count). The fourth-order valence-electron chi connectivity index (χ4n) is 1.22. The van der Waals surface area contributed by atoms with Crippen LogP contribution in [0, 0.1) is 0 Å². The van der Waals surface area contributed by atoms with Crippen molar-refractivity contribution in [3.8, 4) is 5.75 Å². The van der Waals surface area contributed by atoms with Crippen molar-refractivity contribution in [2.45, 2.75) is 6.92 Å². The van der Waals surface area contributed by atoms with Crippen molar-refractivity contribution in [2.24, 2.45) is 0 Å². The zero-order valence-corrected chi connectivity index (χ0v) is 9.93. The number of benzene rings is 1. The van der Waals surface area contributed by atoms with Gasteiger partial charge in [-0.25, -0.2) is 4.79 Å². The number of amides is 3. The number of hydrogen-bond acceptors (Lipinski definition) is 4. The number of carbonyl (C=O) groups is 3. The lowest BCUT2D eigenvalue weighted by atomic mass is 10.2. The van der Waals surface area contributed by atoms with E-state index in [2.05, 4.69) is 10.6 Å². The third-order valence-electron chi connectivity index (χ3n) is 2.00. The highest BCUT2D eigenvalue weighted by Gasteiger charge is 2.08. The van der Waals surface area contributed by atoms with Gasteiger partial charge >= 0.3 is 6.03 Å². The first-order chi connectivity index (χ1) is 8.67. The molecule has 0 spiro atoms. The van der Waals surface area contributed by atoms with Crippen LogP contribution in [-0.4, -0.2) is 31.4 Å². The monoisotopic (exact) mass is 250 g/mol. The van der Waals surface area contributed by atoms with Gasteiger partial charge in [0.05, 0.1) is 5.56 Å². The summed E-state index contributed by atoms with van der Waals surface area (Å²) in [6, 6.07) is 5.94. The van der Waals surface area contributed by atoms with Gasteiger partial charge in [-0.1, -0.05) is 12.1 Å². The molecule has 0 aliphatic rings. The number of ether oxygens (including phenoxy) is 1. The van der Waals surface area contributed by atoms with Gasteiger partial charge in [0.2, 0.25) is 0 Å². The zero-order chi connectivity index (χ0) is 13.4. The van der Waals surface area contributed by atoms with E-state index in [0.29, 0.717) is 24.1 Å². The van der Waals surface area contributed by atoms with Crippen LogP contribution in [0.1, 0.15) is 17.3 Å². The summed E-state index contributed by atoms with van der Waals surface area (Å²) in [6.45, 7) is 1.83. The van der Waals surface area contributed by atoms with Crippen molar-refractivity contribution in [3.63, 3.8) is 0 Å². The molecular formula is C12H14N2O4. The van der Waals surface area contributed by atoms with E-state index in [4.69, 9.17) is 4.74 Å². The fourth-order valence-corrected chi connectivity index (χ4v) is 1.22. The average Bonchev–Trinajstić information content (AvgIpc) is 2.37. The van der Waals surface area contributed by atoms with E-state index in [0.717, 1.165) is 0 Å². The average molecular weight is 250 g/mol. The van der Waals surface area contributed by atoms with Crippen LogP contribution < -0.4 is 15.4 Å². The van der Waals surface area contributed by atoms with Crippen LogP contribution in [0.2, 0.25) is 0 Å². The zero-order valence-electron chi connectivity index (χ0n) is 9.93. The van der Waals surface area contributed by atoms with Crippen LogP contribution >= 0.6 is 0 Å². The first-order valence-electron chi connectivity index (χ1n) is 5.42. The lowest BCUT2D eigenvalue weighted by molar-refractivity contribution is -0.122. The summed E-state index contributed by atoms with van der Waals surface area (Å²) in [5, 5.41) is 4.50. The van der Waals surface area contributed by atoms with Gasteiger partial charge in [0.1, 0.15) is 5.75 Å². The Labute approximate surface area is 104 Å². The highest BCUT2D eigenvalue weighted by Crippen LogP contribution is 2.15. The number of imide groups is 1. The van der Waals surface area contributed by atoms with E-state index in [1.165, 1.54) is 0 Å². The van der Waals surface area contributed by atoms with E-state index in [1.54, 1.807) is 31.2 Å². The molecule has 3 amide bonds. The second kappa shape index (κ2) is 7.05. The molecule has 1 aromatic rings. The third kappa shape index (κ3) is 4.25. The Balaban J connectivity index is 2.47. The molecule has 96 valence electrons. The van der Waals surface area contributed by atoms with Gasteiger partial charge in [0, 0.05) is 6.54 Å². The maximum absolute atomic E-state index is 11.3. The predicted molar refractivity (Wildman–Crippen MR) is 64.5 cm³/mol. The van der Waals surface area contributed by atoms with E-state index in [1.807, 2.05) is 0 Å². The normalized spacial score (nSPS) is 9.39. The maximum Gasteiger partial charge on any atom is 0.321 e. The summed E-state index contributed by atoms with van der Waals surface area (Å²) >= 11 is 0. The van der Waals surface area contributed by atoms with E-state index >= 15 is 0 Å². The van der Waals surface area contributed by atoms with Crippen LogP contribution in [0.4, 0.5) is 4.79 Å². The minimum absolute atomic E-state index is 0.304. The molecule has 18 heavy (non-hydrogen) atoms. The highest BCUT2D eigenvalue weighted by atomic mass is 16.5. The van der Waals surface area contributed by atoms with E-state index in [-0.39, 0.29) is 6.61 Å². The molecule has 0 aliphatic heterocycles. The topological polar surface area (TPSA) is 84.5 Å². The summed E-state index contributed by atoms with van der Waals surface area (Å²) in [7, 11) is 0. The smallest absolute Gasteiger partial charge is 0.321 e. The number of para-hydroxylation sites is 1. The lowest BCUT2D eigenvalue weighted by Crippen LogP contribution is -2.41. The molecule has 6 heteroatoms. The molecule has 0 radical (unpaired) electrons. The van der Waals surface area contributed by atoms with Gasteiger partial charge < -0.3 is 10.1 Å². The van der Waals surface area contributed by atoms with Gasteiger partial charge in [-0.2, -0.15) is 0 Å². The number of urea groups is 1. The van der Waals surface area contributed by atoms with Crippen molar-refractivity contribution in [1.82, 2.24) is 10.6 Å². The third-order valence-corrected chi connectivity index (χ3v) is 2.00. The van der Waals surface area contributed by atoms with Crippen LogP contribution in [0.5, 0.6) is 5.75 Å². The minimum atomic E-state index is -0.582. The number of carbonyl (C=O) groups excluding carboxylic acids is 3. The van der Waals surface area contributed by atoms with Crippen LogP contribution in [0.3, 0.4) is 0 Å². The van der Waals surface area contributed by atoms with Crippen molar-refractivity contribution in [1.29, 1.82) is 0 Å². The maximum atomic E-state index is 11.3. The Kier molecular flexibility index (Phi) is 5.37. The van der Waals surface area contributed by atoms with Crippen LogP contribution in [-0.2, 0) is 4.79 Å². The summed E-state index contributed by atoms with van der Waals surface area (Å²) in [5.41, 5.74) is 0.350. The van der Waals surface area contributed by atoms with Gasteiger partial charge in [-0.05, 0) is 19.1 Å². The standard InChI is InChI=1S/C12H14N2O4/c1-2-13-12(17)14-11(16)8-18-10-6-4-3-5-9(10)7-15/h3-7H,2,8H2,1H3,(H2,13,14,16,17). The van der Waals surface area contributed by atoms with Crippen molar-refractivity contribution in [2.75, 3.05) is 13.2 Å². The Hall–Kier alpha value is -2.37.